The monoisotopic (exact) mass is 290 g/mol. The van der Waals surface area contributed by atoms with Crippen LogP contribution in [-0.4, -0.2) is 48.1 Å². The van der Waals surface area contributed by atoms with E-state index in [2.05, 4.69) is 24.1 Å². The number of aliphatic carboxylic acids is 1. The molecule has 0 radical (unpaired) electrons. The second kappa shape index (κ2) is 8.92. The zero-order valence-corrected chi connectivity index (χ0v) is 12.5. The molecule has 0 heterocycles. The summed E-state index contributed by atoms with van der Waals surface area (Å²) in [6.45, 7) is 7.50. The smallest absolute Gasteiger partial charge is 0.328 e. The lowest BCUT2D eigenvalue weighted by Crippen LogP contribution is -2.34. The van der Waals surface area contributed by atoms with Crippen molar-refractivity contribution in [1.29, 1.82) is 0 Å². The second-order valence-corrected chi connectivity index (χ2v) is 4.58. The Morgan fingerprint density at radius 1 is 1.29 bits per heavy atom. The first-order chi connectivity index (χ1) is 10.1. The van der Waals surface area contributed by atoms with Crippen LogP contribution in [-0.2, 0) is 4.79 Å². The minimum Gasteiger partial charge on any atom is -0.478 e. The lowest BCUT2D eigenvalue weighted by atomic mass is 10.1. The Bertz CT molecular complexity index is 508. The fourth-order valence-corrected chi connectivity index (χ4v) is 1.92. The molecule has 0 aromatic heterocycles. The summed E-state index contributed by atoms with van der Waals surface area (Å²) in [4.78, 5) is 24.7. The van der Waals surface area contributed by atoms with E-state index in [1.807, 2.05) is 0 Å². The minimum atomic E-state index is -1.01. The van der Waals surface area contributed by atoms with E-state index >= 15 is 0 Å². The molecule has 0 aliphatic rings. The fourth-order valence-electron chi connectivity index (χ4n) is 1.92. The van der Waals surface area contributed by atoms with Crippen LogP contribution < -0.4 is 5.32 Å². The summed E-state index contributed by atoms with van der Waals surface area (Å²) in [7, 11) is 0. The van der Waals surface area contributed by atoms with Crippen molar-refractivity contribution in [3.8, 4) is 0 Å². The van der Waals surface area contributed by atoms with Crippen molar-refractivity contribution in [2.45, 2.75) is 13.8 Å². The number of likely N-dealkylation sites (N-methyl/N-ethyl adjacent to an activating group) is 1. The van der Waals surface area contributed by atoms with Crippen molar-refractivity contribution in [2.75, 3.05) is 26.2 Å². The molecule has 0 aliphatic heterocycles. The number of nitrogens with one attached hydrogen (secondary N) is 1. The molecule has 0 bridgehead atoms. The van der Waals surface area contributed by atoms with Gasteiger partial charge < -0.3 is 15.3 Å². The van der Waals surface area contributed by atoms with Gasteiger partial charge in [-0.25, -0.2) is 4.79 Å². The molecule has 2 N–H and O–H groups in total. The van der Waals surface area contributed by atoms with Crippen LogP contribution >= 0.6 is 0 Å². The molecule has 21 heavy (non-hydrogen) atoms. The zero-order valence-electron chi connectivity index (χ0n) is 12.5. The largest absolute Gasteiger partial charge is 0.478 e. The summed E-state index contributed by atoms with van der Waals surface area (Å²) in [5, 5.41) is 11.5. The van der Waals surface area contributed by atoms with Gasteiger partial charge >= 0.3 is 5.97 Å². The van der Waals surface area contributed by atoms with Gasteiger partial charge in [-0.15, -0.1) is 0 Å². The first-order valence-electron chi connectivity index (χ1n) is 7.08. The van der Waals surface area contributed by atoms with E-state index in [0.29, 0.717) is 17.7 Å². The molecule has 0 unspecified atom stereocenters. The number of carbonyl (C=O) groups excluding carboxylic acids is 1. The van der Waals surface area contributed by atoms with Crippen molar-refractivity contribution in [3.05, 3.63) is 41.5 Å². The van der Waals surface area contributed by atoms with Crippen LogP contribution in [0.15, 0.2) is 30.3 Å². The first kappa shape index (κ1) is 16.9. The van der Waals surface area contributed by atoms with Crippen LogP contribution in [0, 0.1) is 0 Å². The number of hydrogen-bond donors (Lipinski definition) is 2. The molecule has 5 nitrogen and oxygen atoms in total. The molecule has 0 spiro atoms. The Morgan fingerprint density at radius 2 is 2.00 bits per heavy atom. The van der Waals surface area contributed by atoms with Gasteiger partial charge in [-0.3, -0.25) is 4.79 Å². The van der Waals surface area contributed by atoms with Gasteiger partial charge in [-0.05, 0) is 36.9 Å². The van der Waals surface area contributed by atoms with Gasteiger partial charge in [-0.1, -0.05) is 26.0 Å². The Hall–Kier alpha value is -2.14. The van der Waals surface area contributed by atoms with E-state index in [9.17, 15) is 9.59 Å². The minimum absolute atomic E-state index is 0.146. The number of carboxylic acid groups (broad SMARTS) is 1. The van der Waals surface area contributed by atoms with Gasteiger partial charge in [0.2, 0.25) is 0 Å². The zero-order chi connectivity index (χ0) is 15.7. The number of nitrogens with zero attached hydrogens (tertiary/aromatic N) is 1. The predicted octanol–water partition coefficient (Wildman–Crippen LogP) is 1.86. The van der Waals surface area contributed by atoms with E-state index in [0.717, 1.165) is 25.7 Å². The number of benzene rings is 1. The number of amides is 1. The molecule has 0 atom stereocenters. The molecule has 114 valence electrons. The highest BCUT2D eigenvalue weighted by Crippen LogP contribution is 2.07. The molecule has 0 fully saturated rings. The first-order valence-corrected chi connectivity index (χ1v) is 7.08. The van der Waals surface area contributed by atoms with Crippen LogP contribution in [0.4, 0.5) is 0 Å². The molecule has 0 aliphatic carbocycles. The fraction of sp³-hybridized carbons (Fsp3) is 0.375. The molecule has 0 saturated heterocycles. The summed E-state index contributed by atoms with van der Waals surface area (Å²) in [6, 6.07) is 6.88. The average Bonchev–Trinajstić information content (AvgIpc) is 2.49. The standard InChI is InChI=1S/C16H22N2O3/c1-3-18(4-2)11-10-17-16(21)14-7-5-6-13(12-14)8-9-15(19)20/h5-9,12H,3-4,10-11H2,1-2H3,(H,17,21)(H,19,20). The maximum atomic E-state index is 12.0. The highest BCUT2D eigenvalue weighted by molar-refractivity contribution is 5.95. The molecule has 1 aromatic rings. The van der Waals surface area contributed by atoms with E-state index in [1.165, 1.54) is 6.08 Å². The lowest BCUT2D eigenvalue weighted by molar-refractivity contribution is -0.131. The number of carboxylic acids is 1. The molecule has 1 rings (SSSR count). The molecule has 5 heteroatoms. The number of carbonyl (C=O) groups is 2. The summed E-state index contributed by atoms with van der Waals surface area (Å²) in [5.74, 6) is -1.16. The van der Waals surface area contributed by atoms with E-state index in [1.54, 1.807) is 24.3 Å². The van der Waals surface area contributed by atoms with Crippen LogP contribution in [0.3, 0.4) is 0 Å². The highest BCUT2D eigenvalue weighted by Gasteiger charge is 2.06. The number of rotatable bonds is 8. The summed E-state index contributed by atoms with van der Waals surface area (Å²) in [6.07, 6.45) is 2.52. The van der Waals surface area contributed by atoms with Gasteiger partial charge in [0.25, 0.3) is 5.91 Å². The Kier molecular flexibility index (Phi) is 7.18. The molecule has 1 amide bonds. The van der Waals surface area contributed by atoms with Crippen molar-refractivity contribution >= 4 is 18.0 Å². The summed E-state index contributed by atoms with van der Waals surface area (Å²) < 4.78 is 0. The third kappa shape index (κ3) is 6.23. The maximum Gasteiger partial charge on any atom is 0.328 e. The lowest BCUT2D eigenvalue weighted by Gasteiger charge is -2.17. The van der Waals surface area contributed by atoms with Crippen LogP contribution in [0.2, 0.25) is 0 Å². The van der Waals surface area contributed by atoms with Gasteiger partial charge in [-0.2, -0.15) is 0 Å². The van der Waals surface area contributed by atoms with Crippen LogP contribution in [0.5, 0.6) is 0 Å². The van der Waals surface area contributed by atoms with Crippen LogP contribution in [0.1, 0.15) is 29.8 Å². The highest BCUT2D eigenvalue weighted by atomic mass is 16.4. The molecule has 0 saturated carbocycles. The van der Waals surface area contributed by atoms with Crippen molar-refractivity contribution in [2.24, 2.45) is 0 Å². The third-order valence-electron chi connectivity index (χ3n) is 3.18. The van der Waals surface area contributed by atoms with Gasteiger partial charge in [0, 0.05) is 24.7 Å². The maximum absolute atomic E-state index is 12.0. The number of hydrogen-bond acceptors (Lipinski definition) is 3. The molecular weight excluding hydrogens is 268 g/mol. The van der Waals surface area contributed by atoms with Crippen LogP contribution in [0.25, 0.3) is 6.08 Å². The average molecular weight is 290 g/mol. The third-order valence-corrected chi connectivity index (χ3v) is 3.18. The Balaban J connectivity index is 2.58. The quantitative estimate of drug-likeness (QED) is 0.717. The van der Waals surface area contributed by atoms with Crippen molar-refractivity contribution < 1.29 is 14.7 Å². The van der Waals surface area contributed by atoms with E-state index < -0.39 is 5.97 Å². The normalized spacial score (nSPS) is 11.0. The van der Waals surface area contributed by atoms with Crippen molar-refractivity contribution in [3.63, 3.8) is 0 Å². The second-order valence-electron chi connectivity index (χ2n) is 4.58. The predicted molar refractivity (Wildman–Crippen MR) is 83.2 cm³/mol. The van der Waals surface area contributed by atoms with Gasteiger partial charge in [0.1, 0.15) is 0 Å². The van der Waals surface area contributed by atoms with E-state index in [-0.39, 0.29) is 5.91 Å². The molecular formula is C16H22N2O3. The van der Waals surface area contributed by atoms with Gasteiger partial charge in [0.15, 0.2) is 0 Å². The van der Waals surface area contributed by atoms with Gasteiger partial charge in [0.05, 0.1) is 0 Å². The summed E-state index contributed by atoms with van der Waals surface area (Å²) in [5.41, 5.74) is 1.22. The Labute approximate surface area is 125 Å². The molecule has 1 aromatic carbocycles. The topological polar surface area (TPSA) is 69.6 Å². The SMILES string of the molecule is CCN(CC)CCNC(=O)c1cccc(C=CC(=O)O)c1. The Morgan fingerprint density at radius 3 is 2.62 bits per heavy atom. The summed E-state index contributed by atoms with van der Waals surface area (Å²) >= 11 is 0. The van der Waals surface area contributed by atoms with E-state index in [4.69, 9.17) is 5.11 Å². The van der Waals surface area contributed by atoms with Crippen molar-refractivity contribution in [1.82, 2.24) is 10.2 Å².